The largest absolute Gasteiger partial charge is 0.270 e. The van der Waals surface area contributed by atoms with Gasteiger partial charge in [-0.2, -0.15) is 5.10 Å². The van der Waals surface area contributed by atoms with Crippen LogP contribution in [0.15, 0.2) is 30.3 Å². The maximum absolute atomic E-state index is 4.65. The summed E-state index contributed by atoms with van der Waals surface area (Å²) in [6, 6.07) is 10.9. The standard InChI is InChI=1S/C17H23BrN2/c1-4-15-11-16(20(5-2)19-15)10-14(12-18)17-9-7-6-8-13(17)3/h6-9,11,14H,4-5,10,12H2,1-3H3. The molecular weight excluding hydrogens is 312 g/mol. The smallest absolute Gasteiger partial charge is 0.0624 e. The first-order valence-corrected chi connectivity index (χ1v) is 8.48. The average molecular weight is 335 g/mol. The van der Waals surface area contributed by atoms with Crippen LogP contribution < -0.4 is 0 Å². The summed E-state index contributed by atoms with van der Waals surface area (Å²) in [6.07, 6.45) is 2.04. The zero-order chi connectivity index (χ0) is 14.5. The molecule has 2 rings (SSSR count). The van der Waals surface area contributed by atoms with Gasteiger partial charge in [0.15, 0.2) is 0 Å². The summed E-state index contributed by atoms with van der Waals surface area (Å²) in [5.41, 5.74) is 5.35. The van der Waals surface area contributed by atoms with E-state index in [1.807, 2.05) is 0 Å². The number of aromatic nitrogens is 2. The third-order valence-electron chi connectivity index (χ3n) is 3.85. The number of hydrogen-bond donors (Lipinski definition) is 0. The summed E-state index contributed by atoms with van der Waals surface area (Å²) in [5, 5.41) is 5.63. The number of hydrogen-bond acceptors (Lipinski definition) is 1. The highest BCUT2D eigenvalue weighted by Gasteiger charge is 2.16. The molecule has 2 aromatic rings. The Balaban J connectivity index is 2.26. The van der Waals surface area contributed by atoms with Crippen molar-refractivity contribution in [3.63, 3.8) is 0 Å². The van der Waals surface area contributed by atoms with E-state index in [4.69, 9.17) is 0 Å². The van der Waals surface area contributed by atoms with Gasteiger partial charge in [0.25, 0.3) is 0 Å². The van der Waals surface area contributed by atoms with E-state index in [9.17, 15) is 0 Å². The molecule has 1 atom stereocenters. The molecule has 1 heterocycles. The molecule has 0 spiro atoms. The molecule has 1 unspecified atom stereocenters. The van der Waals surface area contributed by atoms with Crippen molar-refractivity contribution in [1.29, 1.82) is 0 Å². The third-order valence-corrected chi connectivity index (χ3v) is 4.63. The Labute approximate surface area is 130 Å². The number of rotatable bonds is 6. The Morgan fingerprint density at radius 1 is 1.25 bits per heavy atom. The number of nitrogens with zero attached hydrogens (tertiary/aromatic N) is 2. The van der Waals surface area contributed by atoms with Crippen LogP contribution in [0.5, 0.6) is 0 Å². The van der Waals surface area contributed by atoms with Crippen LogP contribution in [0.4, 0.5) is 0 Å². The van der Waals surface area contributed by atoms with Crippen LogP contribution in [0.2, 0.25) is 0 Å². The lowest BCUT2D eigenvalue weighted by Crippen LogP contribution is -2.11. The zero-order valence-corrected chi connectivity index (χ0v) is 14.2. The molecule has 1 aromatic heterocycles. The number of aryl methyl sites for hydroxylation is 3. The van der Waals surface area contributed by atoms with Gasteiger partial charge in [0.05, 0.1) is 5.69 Å². The summed E-state index contributed by atoms with van der Waals surface area (Å²) in [4.78, 5) is 0. The van der Waals surface area contributed by atoms with Crippen molar-refractivity contribution in [3.05, 3.63) is 52.8 Å². The molecule has 1 aromatic carbocycles. The molecule has 0 bridgehead atoms. The quantitative estimate of drug-likeness (QED) is 0.711. The second-order valence-corrected chi connectivity index (χ2v) is 5.86. The van der Waals surface area contributed by atoms with Crippen LogP contribution in [0, 0.1) is 6.92 Å². The van der Waals surface area contributed by atoms with Gasteiger partial charge in [-0.1, -0.05) is 47.1 Å². The lowest BCUT2D eigenvalue weighted by Gasteiger charge is -2.17. The first-order valence-electron chi connectivity index (χ1n) is 7.36. The van der Waals surface area contributed by atoms with Gasteiger partial charge in [0, 0.05) is 17.6 Å². The van der Waals surface area contributed by atoms with Crippen LogP contribution in [0.1, 0.15) is 42.3 Å². The van der Waals surface area contributed by atoms with E-state index in [1.165, 1.54) is 22.5 Å². The molecule has 0 amide bonds. The van der Waals surface area contributed by atoms with Gasteiger partial charge >= 0.3 is 0 Å². The van der Waals surface area contributed by atoms with E-state index in [1.54, 1.807) is 0 Å². The molecule has 0 fully saturated rings. The van der Waals surface area contributed by atoms with Crippen LogP contribution in [-0.4, -0.2) is 15.1 Å². The zero-order valence-electron chi connectivity index (χ0n) is 12.6. The summed E-state index contributed by atoms with van der Waals surface area (Å²) in [5.74, 6) is 0.503. The van der Waals surface area contributed by atoms with E-state index in [-0.39, 0.29) is 0 Å². The highest BCUT2D eigenvalue weighted by atomic mass is 79.9. The Kier molecular flexibility index (Phi) is 5.41. The maximum Gasteiger partial charge on any atom is 0.0624 e. The molecular formula is C17H23BrN2. The second kappa shape index (κ2) is 7.07. The fourth-order valence-electron chi connectivity index (χ4n) is 2.67. The molecule has 2 nitrogen and oxygen atoms in total. The van der Waals surface area contributed by atoms with E-state index in [2.05, 4.69) is 76.8 Å². The van der Waals surface area contributed by atoms with Crippen LogP contribution in [0.25, 0.3) is 0 Å². The fourth-order valence-corrected chi connectivity index (χ4v) is 3.25. The Bertz CT molecular complexity index is 560. The lowest BCUT2D eigenvalue weighted by molar-refractivity contribution is 0.594. The Morgan fingerprint density at radius 3 is 2.60 bits per heavy atom. The predicted molar refractivity (Wildman–Crippen MR) is 88.7 cm³/mol. The number of alkyl halides is 1. The minimum absolute atomic E-state index is 0.503. The summed E-state index contributed by atoms with van der Waals surface area (Å²) < 4.78 is 2.15. The second-order valence-electron chi connectivity index (χ2n) is 5.21. The molecule has 0 radical (unpaired) electrons. The number of halogens is 1. The van der Waals surface area contributed by atoms with Gasteiger partial charge in [-0.3, -0.25) is 4.68 Å². The molecule has 108 valence electrons. The van der Waals surface area contributed by atoms with Crippen LogP contribution in [0.3, 0.4) is 0 Å². The maximum atomic E-state index is 4.65. The monoisotopic (exact) mass is 334 g/mol. The minimum Gasteiger partial charge on any atom is -0.270 e. The molecule has 20 heavy (non-hydrogen) atoms. The SMILES string of the molecule is CCc1cc(CC(CBr)c2ccccc2C)n(CC)n1. The van der Waals surface area contributed by atoms with E-state index in [0.717, 1.165) is 24.7 Å². The van der Waals surface area contributed by atoms with Gasteiger partial charge in [-0.25, -0.2) is 0 Å². The highest BCUT2D eigenvalue weighted by Crippen LogP contribution is 2.26. The van der Waals surface area contributed by atoms with Gasteiger partial charge < -0.3 is 0 Å². The molecule has 0 N–H and O–H groups in total. The molecule has 0 saturated carbocycles. The number of benzene rings is 1. The van der Waals surface area contributed by atoms with Crippen molar-refractivity contribution in [3.8, 4) is 0 Å². The highest BCUT2D eigenvalue weighted by molar-refractivity contribution is 9.09. The van der Waals surface area contributed by atoms with Gasteiger partial charge in [-0.05, 0) is 49.8 Å². The van der Waals surface area contributed by atoms with Crippen LogP contribution in [-0.2, 0) is 19.4 Å². The van der Waals surface area contributed by atoms with Gasteiger partial charge in [0.2, 0.25) is 0 Å². The van der Waals surface area contributed by atoms with Gasteiger partial charge in [-0.15, -0.1) is 0 Å². The van der Waals surface area contributed by atoms with Crippen molar-refractivity contribution < 1.29 is 0 Å². The normalized spacial score (nSPS) is 12.6. The van der Waals surface area contributed by atoms with Crippen molar-refractivity contribution in [2.24, 2.45) is 0 Å². The lowest BCUT2D eigenvalue weighted by atomic mass is 9.92. The molecule has 0 aliphatic rings. The van der Waals surface area contributed by atoms with E-state index >= 15 is 0 Å². The van der Waals surface area contributed by atoms with Crippen molar-refractivity contribution >= 4 is 15.9 Å². The molecule has 3 heteroatoms. The topological polar surface area (TPSA) is 17.8 Å². The van der Waals surface area contributed by atoms with E-state index in [0.29, 0.717) is 5.92 Å². The Hall–Kier alpha value is -1.09. The van der Waals surface area contributed by atoms with E-state index < -0.39 is 0 Å². The summed E-state index contributed by atoms with van der Waals surface area (Å²) >= 11 is 3.68. The minimum atomic E-state index is 0.503. The first-order chi connectivity index (χ1) is 9.69. The fraction of sp³-hybridized carbons (Fsp3) is 0.471. The molecule has 0 aliphatic carbocycles. The van der Waals surface area contributed by atoms with Crippen LogP contribution >= 0.6 is 15.9 Å². The predicted octanol–water partition coefficient (Wildman–Crippen LogP) is 4.50. The summed E-state index contributed by atoms with van der Waals surface area (Å²) in [7, 11) is 0. The van der Waals surface area contributed by atoms with Crippen molar-refractivity contribution in [1.82, 2.24) is 9.78 Å². The Morgan fingerprint density at radius 2 is 2.00 bits per heavy atom. The molecule has 0 aliphatic heterocycles. The summed E-state index contributed by atoms with van der Waals surface area (Å²) in [6.45, 7) is 7.46. The van der Waals surface area contributed by atoms with Gasteiger partial charge in [0.1, 0.15) is 0 Å². The van der Waals surface area contributed by atoms with Crippen molar-refractivity contribution in [2.45, 2.75) is 46.1 Å². The first kappa shape index (κ1) is 15.3. The molecule has 0 saturated heterocycles. The van der Waals surface area contributed by atoms with Crippen molar-refractivity contribution in [2.75, 3.05) is 5.33 Å². The third kappa shape index (κ3) is 3.32. The average Bonchev–Trinajstić information content (AvgIpc) is 2.88.